The molecule has 6 heteroatoms. The molecule has 1 aromatic heterocycles. The van der Waals surface area contributed by atoms with Crippen molar-refractivity contribution in [3.05, 3.63) is 18.1 Å². The summed E-state index contributed by atoms with van der Waals surface area (Å²) in [6.07, 6.45) is 3.03. The highest BCUT2D eigenvalue weighted by Crippen LogP contribution is 2.19. The lowest BCUT2D eigenvalue weighted by Gasteiger charge is -2.22. The van der Waals surface area contributed by atoms with Crippen LogP contribution in [0.2, 0.25) is 0 Å². The number of anilines is 1. The molecule has 1 N–H and O–H groups in total. The van der Waals surface area contributed by atoms with E-state index in [4.69, 9.17) is 4.74 Å². The molecule has 1 amide bonds. The summed E-state index contributed by atoms with van der Waals surface area (Å²) in [4.78, 5) is 22.5. The van der Waals surface area contributed by atoms with E-state index in [9.17, 15) is 4.79 Å². The van der Waals surface area contributed by atoms with Crippen LogP contribution in [0.15, 0.2) is 12.4 Å². The molecule has 1 saturated heterocycles. The van der Waals surface area contributed by atoms with Gasteiger partial charge in [-0.15, -0.1) is 0 Å². The highest BCUT2D eigenvalue weighted by Gasteiger charge is 2.26. The molecule has 21 heavy (non-hydrogen) atoms. The van der Waals surface area contributed by atoms with Crippen molar-refractivity contribution in [2.24, 2.45) is 0 Å². The maximum absolute atomic E-state index is 11.8. The van der Waals surface area contributed by atoms with Gasteiger partial charge in [0.1, 0.15) is 17.7 Å². The van der Waals surface area contributed by atoms with Crippen LogP contribution in [-0.4, -0.2) is 40.8 Å². The van der Waals surface area contributed by atoms with E-state index in [2.05, 4.69) is 27.1 Å². The van der Waals surface area contributed by atoms with Gasteiger partial charge >= 0.3 is 6.09 Å². The quantitative estimate of drug-likeness (QED) is 0.924. The smallest absolute Gasteiger partial charge is 0.407 e. The third-order valence-corrected chi connectivity index (χ3v) is 3.30. The lowest BCUT2D eigenvalue weighted by molar-refractivity contribution is 0.0509. The number of rotatable bonds is 3. The Kier molecular flexibility index (Phi) is 4.65. The topological polar surface area (TPSA) is 67.4 Å². The van der Waals surface area contributed by atoms with Gasteiger partial charge in [-0.1, -0.05) is 6.92 Å². The van der Waals surface area contributed by atoms with E-state index in [-0.39, 0.29) is 12.1 Å². The Morgan fingerprint density at radius 3 is 2.90 bits per heavy atom. The first-order valence-electron chi connectivity index (χ1n) is 7.43. The molecule has 2 heterocycles. The predicted octanol–water partition coefficient (Wildman–Crippen LogP) is 2.14. The van der Waals surface area contributed by atoms with E-state index in [1.54, 1.807) is 6.33 Å². The minimum atomic E-state index is -0.467. The third kappa shape index (κ3) is 4.58. The van der Waals surface area contributed by atoms with Crippen LogP contribution in [-0.2, 0) is 11.2 Å². The molecular weight excluding hydrogens is 268 g/mol. The summed E-state index contributed by atoms with van der Waals surface area (Å²) in [5, 5.41) is 2.92. The number of hydrogen-bond donors (Lipinski definition) is 1. The van der Waals surface area contributed by atoms with Crippen molar-refractivity contribution in [2.45, 2.75) is 52.2 Å². The van der Waals surface area contributed by atoms with E-state index in [0.29, 0.717) is 0 Å². The maximum Gasteiger partial charge on any atom is 0.407 e. The zero-order valence-electron chi connectivity index (χ0n) is 13.2. The molecule has 0 aromatic carbocycles. The van der Waals surface area contributed by atoms with Crippen LogP contribution in [0.1, 0.15) is 39.8 Å². The normalized spacial score (nSPS) is 18.7. The van der Waals surface area contributed by atoms with Crippen molar-refractivity contribution >= 4 is 11.9 Å². The Bertz CT molecular complexity index is 499. The van der Waals surface area contributed by atoms with Gasteiger partial charge in [0.2, 0.25) is 0 Å². The number of nitrogens with one attached hydrogen (secondary N) is 1. The molecule has 2 rings (SSSR count). The Morgan fingerprint density at radius 1 is 1.48 bits per heavy atom. The van der Waals surface area contributed by atoms with Crippen molar-refractivity contribution < 1.29 is 9.53 Å². The molecule has 6 nitrogen and oxygen atoms in total. The van der Waals surface area contributed by atoms with Gasteiger partial charge in [-0.25, -0.2) is 14.8 Å². The van der Waals surface area contributed by atoms with Gasteiger partial charge in [0.15, 0.2) is 0 Å². The summed E-state index contributed by atoms with van der Waals surface area (Å²) in [6, 6.07) is 2.11. The zero-order chi connectivity index (χ0) is 15.5. The Hall–Kier alpha value is -1.85. The molecule has 0 saturated carbocycles. The van der Waals surface area contributed by atoms with E-state index >= 15 is 0 Å². The summed E-state index contributed by atoms with van der Waals surface area (Å²) in [6.45, 7) is 9.28. The number of aromatic nitrogens is 2. The number of nitrogens with zero attached hydrogens (tertiary/aromatic N) is 3. The van der Waals surface area contributed by atoms with Crippen LogP contribution in [0.25, 0.3) is 0 Å². The number of aryl methyl sites for hydroxylation is 1. The summed E-state index contributed by atoms with van der Waals surface area (Å²) < 4.78 is 5.28. The molecule has 0 radical (unpaired) electrons. The van der Waals surface area contributed by atoms with Gasteiger partial charge in [-0.3, -0.25) is 0 Å². The van der Waals surface area contributed by atoms with Gasteiger partial charge in [0, 0.05) is 24.8 Å². The van der Waals surface area contributed by atoms with Gasteiger partial charge < -0.3 is 15.0 Å². The standard InChI is InChI=1S/C15H24N4O2/c1-5-11-8-13(17-10-16-11)19-7-6-12(9-19)18-14(20)21-15(2,3)4/h8,10,12H,5-7,9H2,1-4H3,(H,18,20). The second kappa shape index (κ2) is 6.28. The number of hydrogen-bond acceptors (Lipinski definition) is 5. The van der Waals surface area contributed by atoms with Gasteiger partial charge in [0.05, 0.1) is 6.04 Å². The zero-order valence-corrected chi connectivity index (χ0v) is 13.2. The third-order valence-electron chi connectivity index (χ3n) is 3.30. The van der Waals surface area contributed by atoms with Crippen molar-refractivity contribution in [3.8, 4) is 0 Å². The maximum atomic E-state index is 11.8. The summed E-state index contributed by atoms with van der Waals surface area (Å²) >= 11 is 0. The molecule has 116 valence electrons. The van der Waals surface area contributed by atoms with Crippen LogP contribution in [0.3, 0.4) is 0 Å². The minimum Gasteiger partial charge on any atom is -0.444 e. The Labute approximate surface area is 125 Å². The summed E-state index contributed by atoms with van der Waals surface area (Å²) in [5.41, 5.74) is 0.564. The second-order valence-electron chi connectivity index (χ2n) is 6.30. The molecule has 1 aliphatic heterocycles. The lowest BCUT2D eigenvalue weighted by atomic mass is 10.2. The average molecular weight is 292 g/mol. The largest absolute Gasteiger partial charge is 0.444 e. The van der Waals surface area contributed by atoms with Crippen molar-refractivity contribution in [1.29, 1.82) is 0 Å². The van der Waals surface area contributed by atoms with Crippen molar-refractivity contribution in [1.82, 2.24) is 15.3 Å². The Balaban J connectivity index is 1.90. The van der Waals surface area contributed by atoms with Crippen LogP contribution >= 0.6 is 0 Å². The fraction of sp³-hybridized carbons (Fsp3) is 0.667. The van der Waals surface area contributed by atoms with Crippen molar-refractivity contribution in [3.63, 3.8) is 0 Å². The number of alkyl carbamates (subject to hydrolysis) is 1. The summed E-state index contributed by atoms with van der Waals surface area (Å²) in [7, 11) is 0. The number of amides is 1. The van der Waals surface area contributed by atoms with E-state index in [1.807, 2.05) is 26.8 Å². The van der Waals surface area contributed by atoms with Crippen LogP contribution in [0.5, 0.6) is 0 Å². The second-order valence-corrected chi connectivity index (χ2v) is 6.30. The van der Waals surface area contributed by atoms with E-state index in [0.717, 1.165) is 37.4 Å². The van der Waals surface area contributed by atoms with Gasteiger partial charge in [0.25, 0.3) is 0 Å². The average Bonchev–Trinajstić information content (AvgIpc) is 2.85. The van der Waals surface area contributed by atoms with E-state index in [1.165, 1.54) is 0 Å². The first-order valence-corrected chi connectivity index (χ1v) is 7.43. The number of carbonyl (C=O) groups is 1. The highest BCUT2D eigenvalue weighted by atomic mass is 16.6. The highest BCUT2D eigenvalue weighted by molar-refractivity contribution is 5.68. The monoisotopic (exact) mass is 292 g/mol. The molecular formula is C15H24N4O2. The van der Waals surface area contributed by atoms with Crippen LogP contribution < -0.4 is 10.2 Å². The number of carbonyl (C=O) groups excluding carboxylic acids is 1. The van der Waals surface area contributed by atoms with Crippen LogP contribution in [0.4, 0.5) is 10.6 Å². The minimum absolute atomic E-state index is 0.0971. The van der Waals surface area contributed by atoms with Gasteiger partial charge in [-0.2, -0.15) is 0 Å². The fourth-order valence-electron chi connectivity index (χ4n) is 2.31. The van der Waals surface area contributed by atoms with Gasteiger partial charge in [-0.05, 0) is 33.6 Å². The lowest BCUT2D eigenvalue weighted by Crippen LogP contribution is -2.40. The molecule has 1 aliphatic rings. The molecule has 1 fully saturated rings. The van der Waals surface area contributed by atoms with Crippen LogP contribution in [0, 0.1) is 0 Å². The van der Waals surface area contributed by atoms with E-state index < -0.39 is 5.60 Å². The first kappa shape index (κ1) is 15.5. The first-order chi connectivity index (χ1) is 9.87. The predicted molar refractivity (Wildman–Crippen MR) is 81.4 cm³/mol. The molecule has 0 aliphatic carbocycles. The fourth-order valence-corrected chi connectivity index (χ4v) is 2.31. The summed E-state index contributed by atoms with van der Waals surface area (Å²) in [5.74, 6) is 0.926. The molecule has 1 atom stereocenters. The SMILES string of the molecule is CCc1cc(N2CCC(NC(=O)OC(C)(C)C)C2)ncn1. The Morgan fingerprint density at radius 2 is 2.24 bits per heavy atom. The van der Waals surface area contributed by atoms with Crippen molar-refractivity contribution in [2.75, 3.05) is 18.0 Å². The number of ether oxygens (including phenoxy) is 1. The molecule has 0 spiro atoms. The molecule has 1 unspecified atom stereocenters. The molecule has 0 bridgehead atoms. The molecule has 1 aromatic rings.